The Morgan fingerprint density at radius 1 is 1.13 bits per heavy atom. The van der Waals surface area contributed by atoms with Crippen LogP contribution in [0.1, 0.15) is 24.8 Å². The minimum absolute atomic E-state index is 0. The Bertz CT molecular complexity index is 289. The number of nitrogens with one attached hydrogen (secondary N) is 1. The summed E-state index contributed by atoms with van der Waals surface area (Å²) in [6, 6.07) is 11.1. The molecular weight excluding hydrogens is 206 g/mol. The molecule has 1 saturated heterocycles. The van der Waals surface area contributed by atoms with Crippen molar-refractivity contribution >= 4 is 18.5 Å². The maximum Gasteiger partial charge on any atom is 0.0253 e. The Balaban J connectivity index is 0.00000112. The lowest BCUT2D eigenvalue weighted by molar-refractivity contribution is 0.455. The molecule has 82 valence electrons. The Morgan fingerprint density at radius 3 is 2.60 bits per heavy atom. The molecule has 2 rings (SSSR count). The smallest absolute Gasteiger partial charge is 0.0253 e. The van der Waals surface area contributed by atoms with Crippen LogP contribution in [0.4, 0.5) is 0 Å². The van der Waals surface area contributed by atoms with Gasteiger partial charge in [-0.2, -0.15) is 0 Å². The number of benzene rings is 1. The first-order valence-corrected chi connectivity index (χ1v) is 5.42. The van der Waals surface area contributed by atoms with Gasteiger partial charge in [0.15, 0.2) is 0 Å². The molecule has 0 amide bonds. The Morgan fingerprint density at radius 2 is 1.93 bits per heavy atom. The maximum atomic E-state index is 3.50. The SMILES string of the molecule is C(=C\C1CCCCN1)/c1ccccc1.Cl. The van der Waals surface area contributed by atoms with E-state index in [4.69, 9.17) is 0 Å². The van der Waals surface area contributed by atoms with E-state index in [0.29, 0.717) is 6.04 Å². The molecule has 0 bridgehead atoms. The molecule has 1 aromatic rings. The maximum absolute atomic E-state index is 3.50. The largest absolute Gasteiger partial charge is 0.311 e. The van der Waals surface area contributed by atoms with Crippen LogP contribution in [0.15, 0.2) is 36.4 Å². The molecule has 1 aromatic carbocycles. The third-order valence-electron chi connectivity index (χ3n) is 2.67. The number of hydrogen-bond acceptors (Lipinski definition) is 1. The van der Waals surface area contributed by atoms with Crippen LogP contribution in [0, 0.1) is 0 Å². The van der Waals surface area contributed by atoms with Gasteiger partial charge >= 0.3 is 0 Å². The summed E-state index contributed by atoms with van der Waals surface area (Å²) in [5, 5.41) is 3.50. The van der Waals surface area contributed by atoms with Crippen molar-refractivity contribution in [2.24, 2.45) is 0 Å². The fourth-order valence-corrected chi connectivity index (χ4v) is 1.83. The Labute approximate surface area is 98.0 Å². The van der Waals surface area contributed by atoms with Gasteiger partial charge in [0.05, 0.1) is 0 Å². The van der Waals surface area contributed by atoms with Gasteiger partial charge in [0.2, 0.25) is 0 Å². The molecule has 1 aliphatic rings. The predicted molar refractivity (Wildman–Crippen MR) is 68.4 cm³/mol. The van der Waals surface area contributed by atoms with E-state index in [1.807, 2.05) is 0 Å². The highest BCUT2D eigenvalue weighted by Crippen LogP contribution is 2.10. The van der Waals surface area contributed by atoms with Gasteiger partial charge in [0.1, 0.15) is 0 Å². The molecule has 1 N–H and O–H groups in total. The van der Waals surface area contributed by atoms with Crippen molar-refractivity contribution in [2.45, 2.75) is 25.3 Å². The predicted octanol–water partition coefficient (Wildman–Crippen LogP) is 3.26. The number of hydrogen-bond donors (Lipinski definition) is 1. The van der Waals surface area contributed by atoms with Crippen molar-refractivity contribution in [1.29, 1.82) is 0 Å². The highest BCUT2D eigenvalue weighted by atomic mass is 35.5. The molecule has 1 heterocycles. The molecule has 1 aliphatic heterocycles. The summed E-state index contributed by atoms with van der Waals surface area (Å²) in [4.78, 5) is 0. The highest BCUT2D eigenvalue weighted by Gasteiger charge is 2.07. The van der Waals surface area contributed by atoms with Crippen LogP contribution in [0.25, 0.3) is 6.08 Å². The fourth-order valence-electron chi connectivity index (χ4n) is 1.83. The summed E-state index contributed by atoms with van der Waals surface area (Å²) < 4.78 is 0. The van der Waals surface area contributed by atoms with Crippen LogP contribution in [0.2, 0.25) is 0 Å². The van der Waals surface area contributed by atoms with Crippen molar-refractivity contribution < 1.29 is 0 Å². The Kier molecular flexibility index (Phi) is 5.44. The lowest BCUT2D eigenvalue weighted by atomic mass is 10.0. The molecule has 0 aromatic heterocycles. The van der Waals surface area contributed by atoms with Crippen LogP contribution >= 0.6 is 12.4 Å². The molecule has 0 aliphatic carbocycles. The average Bonchev–Trinajstić information content (AvgIpc) is 2.29. The van der Waals surface area contributed by atoms with Gasteiger partial charge in [0.25, 0.3) is 0 Å². The molecule has 1 nitrogen and oxygen atoms in total. The van der Waals surface area contributed by atoms with Crippen LogP contribution in [0.3, 0.4) is 0 Å². The molecule has 1 atom stereocenters. The van der Waals surface area contributed by atoms with E-state index in [0.717, 1.165) is 0 Å². The summed E-state index contributed by atoms with van der Waals surface area (Å²) >= 11 is 0. The molecule has 0 spiro atoms. The van der Waals surface area contributed by atoms with Crippen molar-refractivity contribution in [2.75, 3.05) is 6.54 Å². The first-order valence-electron chi connectivity index (χ1n) is 5.42. The second-order valence-electron chi connectivity index (χ2n) is 3.83. The first kappa shape index (κ1) is 12.3. The first-order chi connectivity index (χ1) is 6.95. The summed E-state index contributed by atoms with van der Waals surface area (Å²) in [6.45, 7) is 1.17. The van der Waals surface area contributed by atoms with Gasteiger partial charge in [0, 0.05) is 6.04 Å². The molecule has 15 heavy (non-hydrogen) atoms. The summed E-state index contributed by atoms with van der Waals surface area (Å²) in [7, 11) is 0. The molecular formula is C13H18ClN. The van der Waals surface area contributed by atoms with E-state index >= 15 is 0 Å². The minimum atomic E-state index is 0. The molecule has 0 radical (unpaired) electrons. The van der Waals surface area contributed by atoms with E-state index in [2.05, 4.69) is 47.8 Å². The van der Waals surface area contributed by atoms with E-state index in [9.17, 15) is 0 Å². The molecule has 2 heteroatoms. The lowest BCUT2D eigenvalue weighted by Gasteiger charge is -2.19. The summed E-state index contributed by atoms with van der Waals surface area (Å²) in [5.74, 6) is 0. The summed E-state index contributed by atoms with van der Waals surface area (Å²) in [6.07, 6.45) is 8.47. The van der Waals surface area contributed by atoms with E-state index in [1.165, 1.54) is 31.4 Å². The third kappa shape index (κ3) is 4.06. The number of piperidine rings is 1. The van der Waals surface area contributed by atoms with Crippen LogP contribution in [0.5, 0.6) is 0 Å². The number of rotatable bonds is 2. The van der Waals surface area contributed by atoms with Gasteiger partial charge in [-0.25, -0.2) is 0 Å². The van der Waals surface area contributed by atoms with E-state index < -0.39 is 0 Å². The topological polar surface area (TPSA) is 12.0 Å². The zero-order valence-corrected chi connectivity index (χ0v) is 9.67. The molecule has 1 unspecified atom stereocenters. The minimum Gasteiger partial charge on any atom is -0.311 e. The Hall–Kier alpha value is -0.790. The fraction of sp³-hybridized carbons (Fsp3) is 0.385. The van der Waals surface area contributed by atoms with E-state index in [-0.39, 0.29) is 12.4 Å². The standard InChI is InChI=1S/C13H17N.ClH/c1-2-6-12(7-3-1)9-10-13-8-4-5-11-14-13;/h1-3,6-7,9-10,13-14H,4-5,8,11H2;1H/b10-9+;. The van der Waals surface area contributed by atoms with Gasteiger partial charge in [-0.15, -0.1) is 12.4 Å². The van der Waals surface area contributed by atoms with Crippen molar-refractivity contribution in [3.63, 3.8) is 0 Å². The average molecular weight is 224 g/mol. The molecule has 0 saturated carbocycles. The van der Waals surface area contributed by atoms with Crippen molar-refractivity contribution in [3.8, 4) is 0 Å². The monoisotopic (exact) mass is 223 g/mol. The van der Waals surface area contributed by atoms with E-state index in [1.54, 1.807) is 0 Å². The quantitative estimate of drug-likeness (QED) is 0.812. The normalized spacial score (nSPS) is 21.2. The summed E-state index contributed by atoms with van der Waals surface area (Å²) in [5.41, 5.74) is 1.29. The molecule has 1 fully saturated rings. The second-order valence-corrected chi connectivity index (χ2v) is 3.83. The van der Waals surface area contributed by atoms with Crippen molar-refractivity contribution in [3.05, 3.63) is 42.0 Å². The van der Waals surface area contributed by atoms with Crippen LogP contribution < -0.4 is 5.32 Å². The highest BCUT2D eigenvalue weighted by molar-refractivity contribution is 5.85. The zero-order chi connectivity index (χ0) is 9.64. The van der Waals surface area contributed by atoms with Crippen LogP contribution in [-0.4, -0.2) is 12.6 Å². The van der Waals surface area contributed by atoms with Gasteiger partial charge in [-0.3, -0.25) is 0 Å². The number of halogens is 1. The zero-order valence-electron chi connectivity index (χ0n) is 8.86. The third-order valence-corrected chi connectivity index (χ3v) is 2.67. The van der Waals surface area contributed by atoms with Gasteiger partial charge in [-0.05, 0) is 24.9 Å². The van der Waals surface area contributed by atoms with Gasteiger partial charge < -0.3 is 5.32 Å². The second kappa shape index (κ2) is 6.65. The van der Waals surface area contributed by atoms with Crippen molar-refractivity contribution in [1.82, 2.24) is 5.32 Å². The lowest BCUT2D eigenvalue weighted by Crippen LogP contribution is -2.31. The van der Waals surface area contributed by atoms with Gasteiger partial charge in [-0.1, -0.05) is 48.9 Å². The van der Waals surface area contributed by atoms with Crippen LogP contribution in [-0.2, 0) is 0 Å².